The molecule has 9 rings (SSSR count). The van der Waals surface area contributed by atoms with Crippen LogP contribution < -0.4 is 20.9 Å². The number of carbonyl (C=O) groups is 3. The maximum atomic E-state index is 16.4. The number of urea groups is 1. The first-order valence-corrected chi connectivity index (χ1v) is 21.4. The van der Waals surface area contributed by atoms with Crippen molar-refractivity contribution in [1.82, 2.24) is 29.9 Å². The van der Waals surface area contributed by atoms with E-state index in [0.717, 1.165) is 34.9 Å². The molecule has 16 heteroatoms. The summed E-state index contributed by atoms with van der Waals surface area (Å²) in [5.74, 6) is -1.02. The Balaban J connectivity index is 0.789. The van der Waals surface area contributed by atoms with Gasteiger partial charge in [0.25, 0.3) is 5.91 Å². The summed E-state index contributed by atoms with van der Waals surface area (Å²) in [6.07, 6.45) is 3.22. The third kappa shape index (κ3) is 8.15. The molecule has 0 spiro atoms. The average Bonchev–Trinajstić information content (AvgIpc) is 3.66. The van der Waals surface area contributed by atoms with E-state index in [1.165, 1.54) is 11.0 Å². The summed E-state index contributed by atoms with van der Waals surface area (Å²) in [5.41, 5.74) is 9.49. The normalized spacial score (nSPS) is 21.4. The van der Waals surface area contributed by atoms with Gasteiger partial charge in [-0.3, -0.25) is 19.8 Å². The van der Waals surface area contributed by atoms with E-state index in [4.69, 9.17) is 5.73 Å². The number of imide groups is 1. The quantitative estimate of drug-likeness (QED) is 0.152. The van der Waals surface area contributed by atoms with Crippen LogP contribution in [0, 0.1) is 12.7 Å². The number of fused-ring (bicyclic) bond motifs is 1. The number of alkyl halides is 2. The molecule has 0 bridgehead atoms. The van der Waals surface area contributed by atoms with Crippen LogP contribution in [-0.4, -0.2) is 112 Å². The van der Waals surface area contributed by atoms with Crippen molar-refractivity contribution < 1.29 is 32.7 Å². The molecule has 0 saturated carbocycles. The number of likely N-dealkylation sites (tertiary alicyclic amines) is 2. The first-order chi connectivity index (χ1) is 29.8. The van der Waals surface area contributed by atoms with Gasteiger partial charge in [-0.25, -0.2) is 18.0 Å². The van der Waals surface area contributed by atoms with E-state index in [2.05, 4.69) is 25.0 Å². The fraction of sp³-hybridized carbons (Fsp3) is 0.413. The Hall–Kier alpha value is -6.16. The van der Waals surface area contributed by atoms with E-state index < -0.39 is 23.7 Å². The molecule has 62 heavy (non-hydrogen) atoms. The molecule has 0 aliphatic carbocycles. The average molecular weight is 850 g/mol. The van der Waals surface area contributed by atoms with Crippen molar-refractivity contribution in [2.75, 3.05) is 67.9 Å². The molecule has 4 amide bonds. The topological polar surface area (TPSA) is 153 Å². The van der Waals surface area contributed by atoms with Crippen LogP contribution in [0.4, 0.5) is 35.2 Å². The first kappa shape index (κ1) is 41.2. The number of piperidine rings is 3. The van der Waals surface area contributed by atoms with Crippen molar-refractivity contribution in [3.8, 4) is 17.0 Å². The number of nitrogens with zero attached hydrogens (tertiary/aromatic N) is 7. The SMILES string of the molecule is Cc1cc(C(=O)N2CCC(F)(CN3CCC(n4ccc5cc(N6CCC(=O)NC6=O)c(F)cc54)CC3)CC2)ccc1[C@H]1C[C@@H](F)CN(c2cc(-c3ccccc3O)nnc2N)C1. The van der Waals surface area contributed by atoms with Crippen LogP contribution >= 0.6 is 0 Å². The van der Waals surface area contributed by atoms with Gasteiger partial charge in [0.1, 0.15) is 23.4 Å². The Labute approximate surface area is 357 Å². The highest BCUT2D eigenvalue weighted by atomic mass is 19.1. The highest BCUT2D eigenvalue weighted by molar-refractivity contribution is 6.06. The van der Waals surface area contributed by atoms with Gasteiger partial charge in [0.05, 0.1) is 22.6 Å². The van der Waals surface area contributed by atoms with Crippen LogP contribution in [0.1, 0.15) is 72.0 Å². The zero-order valence-electron chi connectivity index (χ0n) is 34.6. The van der Waals surface area contributed by atoms with Gasteiger partial charge < -0.3 is 30.1 Å². The van der Waals surface area contributed by atoms with Gasteiger partial charge in [-0.2, -0.15) is 0 Å². The van der Waals surface area contributed by atoms with E-state index in [9.17, 15) is 19.5 Å². The summed E-state index contributed by atoms with van der Waals surface area (Å²) in [7, 11) is 0. The number of benzene rings is 3. The van der Waals surface area contributed by atoms with Crippen molar-refractivity contribution in [2.24, 2.45) is 0 Å². The molecule has 5 aromatic rings. The number of nitrogens with one attached hydrogen (secondary N) is 1. The van der Waals surface area contributed by atoms with E-state index in [1.807, 2.05) is 36.2 Å². The number of hydrogen-bond donors (Lipinski definition) is 3. The lowest BCUT2D eigenvalue weighted by molar-refractivity contribution is -0.120. The number of carbonyl (C=O) groups excluding carboxylic acids is 3. The van der Waals surface area contributed by atoms with Gasteiger partial charge >= 0.3 is 6.03 Å². The van der Waals surface area contributed by atoms with Crippen LogP contribution in [0.25, 0.3) is 22.2 Å². The second kappa shape index (κ2) is 16.6. The smallest absolute Gasteiger partial charge is 0.328 e. The number of anilines is 3. The molecule has 0 unspecified atom stereocenters. The van der Waals surface area contributed by atoms with Crippen molar-refractivity contribution in [3.63, 3.8) is 0 Å². The molecule has 324 valence electrons. The van der Waals surface area contributed by atoms with Gasteiger partial charge in [-0.15, -0.1) is 10.2 Å². The number of aryl methyl sites for hydroxylation is 1. The third-order valence-corrected chi connectivity index (χ3v) is 13.2. The number of phenolic OH excluding ortho intramolecular Hbond substituents is 1. The number of rotatable bonds is 8. The Morgan fingerprint density at radius 1 is 0.952 bits per heavy atom. The summed E-state index contributed by atoms with van der Waals surface area (Å²) < 4.78 is 49.2. The lowest BCUT2D eigenvalue weighted by Gasteiger charge is -2.41. The summed E-state index contributed by atoms with van der Waals surface area (Å²) >= 11 is 0. The molecular formula is C46H50F3N9O4. The summed E-state index contributed by atoms with van der Waals surface area (Å²) in [6.45, 7) is 4.90. The van der Waals surface area contributed by atoms with Gasteiger partial charge in [0.2, 0.25) is 5.91 Å². The molecule has 13 nitrogen and oxygen atoms in total. The monoisotopic (exact) mass is 849 g/mol. The molecule has 3 aromatic carbocycles. The highest BCUT2D eigenvalue weighted by Gasteiger charge is 2.39. The number of amides is 4. The van der Waals surface area contributed by atoms with Crippen molar-refractivity contribution in [1.29, 1.82) is 0 Å². The molecule has 4 aliphatic rings. The molecule has 6 heterocycles. The fourth-order valence-electron chi connectivity index (χ4n) is 9.89. The van der Waals surface area contributed by atoms with E-state index in [-0.39, 0.29) is 79.9 Å². The van der Waals surface area contributed by atoms with Gasteiger partial charge in [0, 0.05) is 112 Å². The number of aromatic nitrogens is 3. The number of nitrogens with two attached hydrogens (primary N) is 1. The standard InChI is InChI=1S/C46H50F3N9O4/c1-28-20-30(6-7-34(28)31-21-32(47)26-56(25-31)40-24-37(52-53-43(40)50)35-4-2-3-5-41(35)59)44(61)55-18-12-46(49,13-19-55)27-54-14-9-33(10-15-54)57-16-8-29-22-39(36(48)23-38(29)57)58-17-11-42(60)51-45(58)62/h2-8,16,20,22-24,31-33,59H,9-15,17-19,21,25-27H2,1H3,(H2,50,53)(H,51,60,62)/t31-,32+/m0/s1. The minimum absolute atomic E-state index is 0.0543. The summed E-state index contributed by atoms with van der Waals surface area (Å²) in [4.78, 5) is 44.7. The maximum Gasteiger partial charge on any atom is 0.328 e. The minimum Gasteiger partial charge on any atom is -0.507 e. The number of phenols is 1. The van der Waals surface area contributed by atoms with Gasteiger partial charge in [-0.05, 0) is 79.8 Å². The van der Waals surface area contributed by atoms with E-state index >= 15 is 13.2 Å². The van der Waals surface area contributed by atoms with Gasteiger partial charge in [-0.1, -0.05) is 18.2 Å². The molecular weight excluding hydrogens is 800 g/mol. The number of para-hydroxylation sites is 1. The number of halogens is 3. The lowest BCUT2D eigenvalue weighted by Crippen LogP contribution is -2.51. The number of nitrogen functional groups attached to an aromatic ring is 1. The maximum absolute atomic E-state index is 16.4. The summed E-state index contributed by atoms with van der Waals surface area (Å²) in [6, 6.07) is 18.5. The van der Waals surface area contributed by atoms with Crippen LogP contribution in [0.15, 0.2) is 72.9 Å². The fourth-order valence-corrected chi connectivity index (χ4v) is 9.89. The zero-order valence-corrected chi connectivity index (χ0v) is 34.6. The van der Waals surface area contributed by atoms with Crippen LogP contribution in [-0.2, 0) is 4.79 Å². The van der Waals surface area contributed by atoms with Crippen LogP contribution in [0.5, 0.6) is 5.75 Å². The number of aromatic hydroxyl groups is 1. The second-order valence-electron chi connectivity index (χ2n) is 17.3. The molecule has 2 aromatic heterocycles. The predicted octanol–water partition coefficient (Wildman–Crippen LogP) is 6.89. The molecule has 4 aliphatic heterocycles. The van der Waals surface area contributed by atoms with Crippen molar-refractivity contribution in [2.45, 2.75) is 69.2 Å². The molecule has 4 N–H and O–H groups in total. The minimum atomic E-state index is -1.43. The lowest BCUT2D eigenvalue weighted by atomic mass is 9.86. The largest absolute Gasteiger partial charge is 0.507 e. The van der Waals surface area contributed by atoms with E-state index in [0.29, 0.717) is 61.7 Å². The predicted molar refractivity (Wildman–Crippen MR) is 230 cm³/mol. The Morgan fingerprint density at radius 2 is 1.73 bits per heavy atom. The zero-order chi connectivity index (χ0) is 43.3. The van der Waals surface area contributed by atoms with Crippen LogP contribution in [0.2, 0.25) is 0 Å². The van der Waals surface area contributed by atoms with E-state index in [1.54, 1.807) is 47.4 Å². The Bertz CT molecular complexity index is 2530. The molecule has 2 atom stereocenters. The summed E-state index contributed by atoms with van der Waals surface area (Å²) in [5, 5.41) is 21.7. The van der Waals surface area contributed by atoms with Crippen molar-refractivity contribution in [3.05, 3.63) is 95.4 Å². The molecule has 0 radical (unpaired) electrons. The van der Waals surface area contributed by atoms with Crippen molar-refractivity contribution >= 4 is 45.9 Å². The molecule has 4 saturated heterocycles. The highest BCUT2D eigenvalue weighted by Crippen LogP contribution is 2.38. The third-order valence-electron chi connectivity index (χ3n) is 13.2. The Kier molecular flexibility index (Phi) is 11.0. The molecule has 4 fully saturated rings. The first-order valence-electron chi connectivity index (χ1n) is 21.4. The Morgan fingerprint density at radius 3 is 2.47 bits per heavy atom. The second-order valence-corrected chi connectivity index (χ2v) is 17.3. The van der Waals surface area contributed by atoms with Crippen LogP contribution in [0.3, 0.4) is 0 Å². The number of hydrogen-bond acceptors (Lipinski definition) is 9. The van der Waals surface area contributed by atoms with Gasteiger partial charge in [0.15, 0.2) is 5.82 Å².